The van der Waals surface area contributed by atoms with Gasteiger partial charge in [-0.15, -0.1) is 11.8 Å². The van der Waals surface area contributed by atoms with Crippen molar-refractivity contribution < 1.29 is 14.0 Å². The lowest BCUT2D eigenvalue weighted by molar-refractivity contribution is -0.127. The minimum Gasteiger partial charge on any atom is -0.342 e. The Morgan fingerprint density at radius 3 is 2.53 bits per heavy atom. The van der Waals surface area contributed by atoms with Crippen LogP contribution in [0, 0.1) is 19.7 Å². The van der Waals surface area contributed by atoms with Gasteiger partial charge < -0.3 is 10.2 Å². The number of aromatic nitrogens is 2. The van der Waals surface area contributed by atoms with Crippen LogP contribution in [0.2, 0.25) is 0 Å². The maximum absolute atomic E-state index is 14.8. The number of hydrogen-bond donors (Lipinski definition) is 1. The first kappa shape index (κ1) is 22.1. The van der Waals surface area contributed by atoms with Gasteiger partial charge in [0.05, 0.1) is 17.0 Å². The molecule has 1 N–H and O–H groups in total. The molecule has 0 spiro atoms. The molecule has 1 saturated heterocycles. The van der Waals surface area contributed by atoms with Crippen molar-refractivity contribution in [1.29, 1.82) is 0 Å². The summed E-state index contributed by atoms with van der Waals surface area (Å²) in [6.45, 7) is 5.32. The second kappa shape index (κ2) is 9.56. The lowest BCUT2D eigenvalue weighted by Crippen LogP contribution is -2.29. The van der Waals surface area contributed by atoms with Gasteiger partial charge in [-0.25, -0.2) is 9.07 Å². The molecule has 1 aliphatic rings. The van der Waals surface area contributed by atoms with Crippen molar-refractivity contribution >= 4 is 29.3 Å². The monoisotopic (exact) mass is 452 g/mol. The van der Waals surface area contributed by atoms with Crippen LogP contribution in [-0.2, 0) is 4.79 Å². The van der Waals surface area contributed by atoms with Gasteiger partial charge in [-0.3, -0.25) is 9.59 Å². The molecule has 0 aliphatic carbocycles. The average Bonchev–Trinajstić information content (AvgIpc) is 3.42. The molecule has 0 radical (unpaired) electrons. The molecular formula is C24H25FN4O2S. The first-order valence-corrected chi connectivity index (χ1v) is 11.5. The highest BCUT2D eigenvalue weighted by atomic mass is 32.2. The van der Waals surface area contributed by atoms with E-state index in [9.17, 15) is 14.0 Å². The van der Waals surface area contributed by atoms with Crippen LogP contribution in [0.3, 0.4) is 0 Å². The Morgan fingerprint density at radius 2 is 1.84 bits per heavy atom. The van der Waals surface area contributed by atoms with E-state index in [0.29, 0.717) is 16.9 Å². The fourth-order valence-electron chi connectivity index (χ4n) is 3.81. The van der Waals surface area contributed by atoms with Crippen molar-refractivity contribution in [3.8, 4) is 5.69 Å². The van der Waals surface area contributed by atoms with E-state index in [1.807, 2.05) is 36.9 Å². The van der Waals surface area contributed by atoms with Gasteiger partial charge in [0.15, 0.2) is 5.82 Å². The molecule has 1 aromatic heterocycles. The van der Waals surface area contributed by atoms with Crippen LogP contribution in [0.1, 0.15) is 34.6 Å². The number of nitrogens with one attached hydrogen (secondary N) is 1. The number of likely N-dealkylation sites (tertiary alicyclic amines) is 1. The molecule has 2 heterocycles. The van der Waals surface area contributed by atoms with Crippen LogP contribution in [0.5, 0.6) is 0 Å². The molecule has 2 aromatic carbocycles. The van der Waals surface area contributed by atoms with E-state index in [1.165, 1.54) is 17.8 Å². The molecule has 1 fully saturated rings. The summed E-state index contributed by atoms with van der Waals surface area (Å²) in [5.41, 5.74) is 2.76. The third kappa shape index (κ3) is 4.85. The molecule has 8 heteroatoms. The van der Waals surface area contributed by atoms with Crippen molar-refractivity contribution in [2.45, 2.75) is 31.6 Å². The van der Waals surface area contributed by atoms with E-state index in [2.05, 4.69) is 10.4 Å². The lowest BCUT2D eigenvalue weighted by Gasteiger charge is -2.15. The Kier molecular flexibility index (Phi) is 6.60. The van der Waals surface area contributed by atoms with Gasteiger partial charge in [0.25, 0.3) is 5.91 Å². The summed E-state index contributed by atoms with van der Waals surface area (Å²) in [5.74, 6) is -0.451. The Hall–Kier alpha value is -3.13. The van der Waals surface area contributed by atoms with E-state index in [1.54, 1.807) is 28.9 Å². The molecule has 2 amide bonds. The summed E-state index contributed by atoms with van der Waals surface area (Å²) in [7, 11) is 0. The number of amides is 2. The Morgan fingerprint density at radius 1 is 1.09 bits per heavy atom. The zero-order chi connectivity index (χ0) is 22.7. The Balaban J connectivity index is 1.46. The Labute approximate surface area is 190 Å². The average molecular weight is 453 g/mol. The highest BCUT2D eigenvalue weighted by Crippen LogP contribution is 2.26. The quantitative estimate of drug-likeness (QED) is 0.556. The number of anilines is 1. The number of benzene rings is 2. The molecule has 0 saturated carbocycles. The summed E-state index contributed by atoms with van der Waals surface area (Å²) in [4.78, 5) is 27.8. The topological polar surface area (TPSA) is 67.2 Å². The number of carbonyl (C=O) groups is 2. The molecule has 3 aromatic rings. The van der Waals surface area contributed by atoms with Crippen LogP contribution >= 0.6 is 11.8 Å². The van der Waals surface area contributed by atoms with Crippen LogP contribution in [0.15, 0.2) is 53.4 Å². The van der Waals surface area contributed by atoms with E-state index in [-0.39, 0.29) is 17.6 Å². The highest BCUT2D eigenvalue weighted by molar-refractivity contribution is 8.00. The molecule has 4 rings (SSSR count). The normalized spacial score (nSPS) is 13.4. The number of hydrogen-bond acceptors (Lipinski definition) is 4. The number of halogens is 1. The second-order valence-corrected chi connectivity index (χ2v) is 8.85. The first-order valence-electron chi connectivity index (χ1n) is 10.6. The van der Waals surface area contributed by atoms with Crippen LogP contribution < -0.4 is 5.32 Å². The summed E-state index contributed by atoms with van der Waals surface area (Å²) in [6, 6.07) is 13.5. The zero-order valence-corrected chi connectivity index (χ0v) is 18.9. The summed E-state index contributed by atoms with van der Waals surface area (Å²) >= 11 is 1.35. The predicted molar refractivity (Wildman–Crippen MR) is 124 cm³/mol. The highest BCUT2D eigenvalue weighted by Gasteiger charge is 2.19. The minimum atomic E-state index is -0.479. The molecule has 0 atom stereocenters. The van der Waals surface area contributed by atoms with E-state index < -0.39 is 5.82 Å². The Bertz CT molecular complexity index is 1150. The van der Waals surface area contributed by atoms with Gasteiger partial charge in [0, 0.05) is 29.4 Å². The number of thioether (sulfide) groups is 1. The summed E-state index contributed by atoms with van der Waals surface area (Å²) in [5, 5.41) is 7.07. The molecule has 0 unspecified atom stereocenters. The lowest BCUT2D eigenvalue weighted by atomic mass is 10.2. The van der Waals surface area contributed by atoms with Gasteiger partial charge in [-0.1, -0.05) is 12.1 Å². The van der Waals surface area contributed by atoms with Crippen molar-refractivity contribution in [3.05, 3.63) is 71.3 Å². The van der Waals surface area contributed by atoms with E-state index >= 15 is 0 Å². The largest absolute Gasteiger partial charge is 0.342 e. The van der Waals surface area contributed by atoms with Crippen molar-refractivity contribution in [2.24, 2.45) is 0 Å². The van der Waals surface area contributed by atoms with E-state index in [4.69, 9.17) is 0 Å². The minimum absolute atomic E-state index is 0.0875. The van der Waals surface area contributed by atoms with Crippen LogP contribution in [0.25, 0.3) is 5.69 Å². The predicted octanol–water partition coefficient (Wildman–Crippen LogP) is 4.60. The number of carbonyl (C=O) groups excluding carboxylic acids is 2. The van der Waals surface area contributed by atoms with Crippen molar-refractivity contribution in [3.63, 3.8) is 0 Å². The maximum atomic E-state index is 14.8. The van der Waals surface area contributed by atoms with Gasteiger partial charge in [0.2, 0.25) is 5.91 Å². The van der Waals surface area contributed by atoms with Gasteiger partial charge >= 0.3 is 0 Å². The molecule has 0 bridgehead atoms. The van der Waals surface area contributed by atoms with Gasteiger partial charge in [-0.2, -0.15) is 5.10 Å². The maximum Gasteiger partial charge on any atom is 0.256 e. The van der Waals surface area contributed by atoms with E-state index in [0.717, 1.165) is 42.2 Å². The summed E-state index contributed by atoms with van der Waals surface area (Å²) < 4.78 is 16.3. The van der Waals surface area contributed by atoms with Crippen molar-refractivity contribution in [2.75, 3.05) is 24.2 Å². The molecular weight excluding hydrogens is 427 g/mol. The third-order valence-electron chi connectivity index (χ3n) is 5.38. The zero-order valence-electron chi connectivity index (χ0n) is 18.1. The molecule has 32 heavy (non-hydrogen) atoms. The smallest absolute Gasteiger partial charge is 0.256 e. The molecule has 166 valence electrons. The van der Waals surface area contributed by atoms with Gasteiger partial charge in [-0.05, 0) is 63.1 Å². The summed E-state index contributed by atoms with van der Waals surface area (Å²) in [6.07, 6.45) is 2.09. The van der Waals surface area contributed by atoms with Crippen LogP contribution in [-0.4, -0.2) is 45.3 Å². The van der Waals surface area contributed by atoms with Crippen LogP contribution in [0.4, 0.5) is 10.1 Å². The third-order valence-corrected chi connectivity index (χ3v) is 6.44. The first-order chi connectivity index (χ1) is 15.4. The number of nitrogens with zero attached hydrogens (tertiary/aromatic N) is 3. The molecule has 6 nitrogen and oxygen atoms in total. The number of aryl methyl sites for hydroxylation is 2. The number of rotatable bonds is 6. The fraction of sp³-hybridized carbons (Fsp3) is 0.292. The second-order valence-electron chi connectivity index (χ2n) is 7.83. The standard InChI is InChI=1S/C24H25FN4O2S/c1-16-13-17(2)29(27-16)21-10-9-18(14-20(21)25)26-24(31)19-7-3-4-8-22(19)32-15-23(30)28-11-5-6-12-28/h3-4,7-10,13-14H,5-6,11-12,15H2,1-2H3,(H,26,31). The SMILES string of the molecule is Cc1cc(C)n(-c2ccc(NC(=O)c3ccccc3SCC(=O)N3CCCC3)cc2F)n1. The van der Waals surface area contributed by atoms with Gasteiger partial charge in [0.1, 0.15) is 5.69 Å². The molecule has 1 aliphatic heterocycles. The van der Waals surface area contributed by atoms with Crippen molar-refractivity contribution in [1.82, 2.24) is 14.7 Å². The fourth-order valence-corrected chi connectivity index (χ4v) is 4.76.